The zero-order valence-corrected chi connectivity index (χ0v) is 46.7. The van der Waals surface area contributed by atoms with Crippen LogP contribution in [0.2, 0.25) is 0 Å². The highest BCUT2D eigenvalue weighted by molar-refractivity contribution is 5.76. The fraction of sp³-hybridized carbons (Fsp3) is 0.726. The van der Waals surface area contributed by atoms with Crippen molar-refractivity contribution in [3.63, 3.8) is 0 Å². The lowest BCUT2D eigenvalue weighted by Gasteiger charge is -2.46. The minimum atomic E-state index is -1.79. The summed E-state index contributed by atoms with van der Waals surface area (Å²) < 4.78 is 22.7. The number of rotatable bonds is 45. The lowest BCUT2D eigenvalue weighted by molar-refractivity contribution is -0.359. The number of carbonyl (C=O) groups is 1. The van der Waals surface area contributed by atoms with E-state index in [1.807, 2.05) is 6.08 Å². The standard InChI is InChI=1S/C62H105NO13/c1-3-5-7-9-11-13-15-17-18-19-20-21-22-23-24-25-26-27-28-29-30-31-32-34-36-38-40-42-44-46-54(67)63-50(51(66)45-43-41-39-37-35-33-16-14-12-10-8-6-4-2)49-73-61-59(72)57(70)60(53(48-65)75-61)76-62-58(71)56(69)55(68)52(47-64)74-62/h5,7,11,13,17-18,20-21,23-24,26-27,35,37,43,45,50-53,55-62,64-66,68-72H,3-4,6,8-10,12,14-16,19,22,25,28-34,36,38-42,44,46-49H2,1-2H3,(H,63,67)/b7-5-,13-11-,18-17-,21-20-,24-23-,27-26-,37-35+,45-43+. The summed E-state index contributed by atoms with van der Waals surface area (Å²) in [6.45, 7) is 2.63. The van der Waals surface area contributed by atoms with Crippen molar-refractivity contribution in [3.8, 4) is 0 Å². The molecule has 0 aromatic rings. The molecule has 2 rings (SSSR count). The number of unbranched alkanes of at least 4 members (excludes halogenated alkanes) is 18. The van der Waals surface area contributed by atoms with Gasteiger partial charge in [0.1, 0.15) is 48.8 Å². The molecular weight excluding hydrogens is 967 g/mol. The van der Waals surface area contributed by atoms with Gasteiger partial charge in [-0.15, -0.1) is 0 Å². The number of nitrogens with one attached hydrogen (secondary N) is 1. The molecule has 14 heteroatoms. The van der Waals surface area contributed by atoms with Crippen molar-refractivity contribution < 1.29 is 64.6 Å². The zero-order chi connectivity index (χ0) is 55.3. The van der Waals surface area contributed by atoms with Gasteiger partial charge in [-0.05, 0) is 83.5 Å². The van der Waals surface area contributed by atoms with Crippen molar-refractivity contribution in [2.24, 2.45) is 0 Å². The Kier molecular flexibility index (Phi) is 42.5. The number of hydrogen-bond donors (Lipinski definition) is 9. The van der Waals surface area contributed by atoms with Gasteiger partial charge in [-0.3, -0.25) is 4.79 Å². The molecule has 9 N–H and O–H groups in total. The third-order valence-electron chi connectivity index (χ3n) is 13.8. The molecule has 12 atom stereocenters. The van der Waals surface area contributed by atoms with E-state index in [1.165, 1.54) is 83.5 Å². The minimum Gasteiger partial charge on any atom is -0.394 e. The fourth-order valence-corrected chi connectivity index (χ4v) is 9.01. The second-order valence-corrected chi connectivity index (χ2v) is 20.4. The molecule has 436 valence electrons. The number of allylic oxidation sites excluding steroid dienone is 15. The van der Waals surface area contributed by atoms with Crippen molar-refractivity contribution in [1.29, 1.82) is 0 Å². The molecule has 0 radical (unpaired) electrons. The first-order valence-corrected chi connectivity index (χ1v) is 29.5. The molecule has 1 amide bonds. The van der Waals surface area contributed by atoms with Gasteiger partial charge in [0, 0.05) is 6.42 Å². The Bertz CT molecular complexity index is 1640. The molecule has 0 aromatic heterocycles. The highest BCUT2D eigenvalue weighted by Gasteiger charge is 2.51. The van der Waals surface area contributed by atoms with E-state index < -0.39 is 86.8 Å². The smallest absolute Gasteiger partial charge is 0.220 e. The summed E-state index contributed by atoms with van der Waals surface area (Å²) in [7, 11) is 0. The van der Waals surface area contributed by atoms with Crippen LogP contribution >= 0.6 is 0 Å². The Balaban J connectivity index is 1.72. The average Bonchev–Trinajstić information content (AvgIpc) is 3.42. The second kappa shape index (κ2) is 46.8. The van der Waals surface area contributed by atoms with Gasteiger partial charge < -0.3 is 65.1 Å². The summed E-state index contributed by atoms with van der Waals surface area (Å²) in [4.78, 5) is 13.2. The summed E-state index contributed by atoms with van der Waals surface area (Å²) in [5, 5.41) is 86.9. The lowest BCUT2D eigenvalue weighted by Crippen LogP contribution is -2.65. The summed E-state index contributed by atoms with van der Waals surface area (Å²) in [6, 6.07) is -0.939. The van der Waals surface area contributed by atoms with E-state index in [1.54, 1.807) is 6.08 Å². The third kappa shape index (κ3) is 32.1. The van der Waals surface area contributed by atoms with Crippen LogP contribution < -0.4 is 5.32 Å². The monoisotopic (exact) mass is 1070 g/mol. The fourth-order valence-electron chi connectivity index (χ4n) is 9.01. The number of aliphatic hydroxyl groups excluding tert-OH is 8. The summed E-state index contributed by atoms with van der Waals surface area (Å²) in [5.41, 5.74) is 0. The SMILES string of the molecule is CC/C=C\C/C=C\C/C=C\C/C=C\C/C=C\C/C=C\CCCCCCCCCCCCC(=O)NC(COC1OC(CO)C(OC2OC(CO)C(O)C(O)C2O)C(O)C1O)C(O)/C=C/CC/C=C/CCCCCCCCC. The van der Waals surface area contributed by atoms with Crippen molar-refractivity contribution in [1.82, 2.24) is 5.32 Å². The first-order chi connectivity index (χ1) is 37.1. The second-order valence-electron chi connectivity index (χ2n) is 20.4. The summed E-state index contributed by atoms with van der Waals surface area (Å²) in [6.07, 6.45) is 47.3. The quantitative estimate of drug-likeness (QED) is 0.0205. The van der Waals surface area contributed by atoms with Crippen molar-refractivity contribution in [2.75, 3.05) is 19.8 Å². The van der Waals surface area contributed by atoms with Crippen molar-refractivity contribution in [3.05, 3.63) is 97.2 Å². The van der Waals surface area contributed by atoms with Crippen LogP contribution in [0.5, 0.6) is 0 Å². The molecule has 14 nitrogen and oxygen atoms in total. The molecule has 2 saturated heterocycles. The number of hydrogen-bond acceptors (Lipinski definition) is 13. The van der Waals surface area contributed by atoms with Crippen LogP contribution in [0, 0.1) is 0 Å². The molecule has 0 aliphatic carbocycles. The van der Waals surface area contributed by atoms with Crippen LogP contribution in [0.25, 0.3) is 0 Å². The molecule has 2 heterocycles. The van der Waals surface area contributed by atoms with E-state index in [2.05, 4.69) is 104 Å². The van der Waals surface area contributed by atoms with Crippen LogP contribution in [-0.4, -0.2) is 140 Å². The Morgan fingerprint density at radius 1 is 0.487 bits per heavy atom. The molecular formula is C62H105NO13. The van der Waals surface area contributed by atoms with Gasteiger partial charge in [-0.25, -0.2) is 0 Å². The first kappa shape index (κ1) is 69.0. The van der Waals surface area contributed by atoms with Crippen LogP contribution in [0.4, 0.5) is 0 Å². The number of amides is 1. The maximum atomic E-state index is 13.2. The van der Waals surface area contributed by atoms with Gasteiger partial charge in [0.15, 0.2) is 12.6 Å². The Morgan fingerprint density at radius 2 is 0.921 bits per heavy atom. The highest BCUT2D eigenvalue weighted by Crippen LogP contribution is 2.30. The molecule has 0 spiro atoms. The maximum absolute atomic E-state index is 13.2. The summed E-state index contributed by atoms with van der Waals surface area (Å²) >= 11 is 0. The van der Waals surface area contributed by atoms with Crippen molar-refractivity contribution in [2.45, 2.75) is 267 Å². The molecule has 2 fully saturated rings. The Morgan fingerprint density at radius 3 is 1.45 bits per heavy atom. The number of aliphatic hydroxyl groups is 8. The van der Waals surface area contributed by atoms with Gasteiger partial charge >= 0.3 is 0 Å². The predicted octanol–water partition coefficient (Wildman–Crippen LogP) is 9.89. The third-order valence-corrected chi connectivity index (χ3v) is 13.8. The molecule has 76 heavy (non-hydrogen) atoms. The topological polar surface area (TPSA) is 228 Å². The van der Waals surface area contributed by atoms with E-state index in [-0.39, 0.29) is 18.9 Å². The van der Waals surface area contributed by atoms with Crippen LogP contribution in [0.3, 0.4) is 0 Å². The number of ether oxygens (including phenoxy) is 4. The van der Waals surface area contributed by atoms with Crippen molar-refractivity contribution >= 4 is 5.91 Å². The first-order valence-electron chi connectivity index (χ1n) is 29.5. The minimum absolute atomic E-state index is 0.260. The van der Waals surface area contributed by atoms with Gasteiger partial charge in [0.2, 0.25) is 5.91 Å². The van der Waals surface area contributed by atoms with E-state index >= 15 is 0 Å². The Hall–Kier alpha value is -3.09. The van der Waals surface area contributed by atoms with Crippen LogP contribution in [0.15, 0.2) is 97.2 Å². The van der Waals surface area contributed by atoms with Gasteiger partial charge in [-0.1, -0.05) is 201 Å². The Labute approximate surface area is 458 Å². The molecule has 2 aliphatic rings. The zero-order valence-electron chi connectivity index (χ0n) is 46.7. The largest absolute Gasteiger partial charge is 0.394 e. The molecule has 0 aromatic carbocycles. The molecule has 2 aliphatic heterocycles. The van der Waals surface area contributed by atoms with E-state index in [0.717, 1.165) is 77.0 Å². The van der Waals surface area contributed by atoms with E-state index in [4.69, 9.17) is 18.9 Å². The van der Waals surface area contributed by atoms with E-state index in [9.17, 15) is 45.6 Å². The average molecular weight is 1070 g/mol. The van der Waals surface area contributed by atoms with E-state index in [0.29, 0.717) is 12.8 Å². The lowest BCUT2D eigenvalue weighted by atomic mass is 9.97. The summed E-state index contributed by atoms with van der Waals surface area (Å²) in [5.74, 6) is -0.260. The molecule has 0 bridgehead atoms. The highest BCUT2D eigenvalue weighted by atomic mass is 16.7. The van der Waals surface area contributed by atoms with Gasteiger partial charge in [0.25, 0.3) is 0 Å². The molecule has 12 unspecified atom stereocenters. The van der Waals surface area contributed by atoms with Crippen LogP contribution in [-0.2, 0) is 23.7 Å². The van der Waals surface area contributed by atoms with Gasteiger partial charge in [0.05, 0.1) is 32.0 Å². The van der Waals surface area contributed by atoms with Crippen LogP contribution in [0.1, 0.15) is 194 Å². The number of carbonyl (C=O) groups excluding carboxylic acids is 1. The van der Waals surface area contributed by atoms with Gasteiger partial charge in [-0.2, -0.15) is 0 Å². The maximum Gasteiger partial charge on any atom is 0.220 e. The normalized spacial score (nSPS) is 25.6. The predicted molar refractivity (Wildman–Crippen MR) is 304 cm³/mol. The molecule has 0 saturated carbocycles.